The van der Waals surface area contributed by atoms with E-state index in [4.69, 9.17) is 14.6 Å². The van der Waals surface area contributed by atoms with Gasteiger partial charge in [-0.05, 0) is 62.9 Å². The van der Waals surface area contributed by atoms with Crippen molar-refractivity contribution in [2.24, 2.45) is 5.14 Å². The van der Waals surface area contributed by atoms with E-state index in [0.29, 0.717) is 44.4 Å². The number of carbonyl (C=O) groups excluding carboxylic acids is 2. The third-order valence-corrected chi connectivity index (χ3v) is 7.41. The summed E-state index contributed by atoms with van der Waals surface area (Å²) in [6, 6.07) is 8.58. The molecule has 0 unspecified atom stereocenters. The lowest BCUT2D eigenvalue weighted by Crippen LogP contribution is -2.46. The van der Waals surface area contributed by atoms with E-state index in [1.54, 1.807) is 12.1 Å². The molecule has 2 N–H and O–H groups in total. The van der Waals surface area contributed by atoms with Gasteiger partial charge in [0.25, 0.3) is 0 Å². The summed E-state index contributed by atoms with van der Waals surface area (Å²) in [5.41, 5.74) is 0.577. The molecule has 0 bridgehead atoms. The van der Waals surface area contributed by atoms with Crippen LogP contribution in [0.15, 0.2) is 41.3 Å². The van der Waals surface area contributed by atoms with E-state index in [1.807, 2.05) is 20.8 Å². The number of carbonyl (C=O) groups is 2. The summed E-state index contributed by atoms with van der Waals surface area (Å²) < 4.78 is 76.7. The van der Waals surface area contributed by atoms with Gasteiger partial charge in [0, 0.05) is 36.9 Å². The van der Waals surface area contributed by atoms with Crippen molar-refractivity contribution in [3.05, 3.63) is 53.1 Å². The smallest absolute Gasteiger partial charge is 0.492 e. The minimum Gasteiger partial charge on any atom is -0.492 e. The van der Waals surface area contributed by atoms with Gasteiger partial charge in [-0.3, -0.25) is 4.79 Å². The third-order valence-electron chi connectivity index (χ3n) is 6.49. The zero-order valence-electron chi connectivity index (χ0n) is 23.3. The molecule has 2 aromatic carbocycles. The Morgan fingerprint density at radius 3 is 2.44 bits per heavy atom. The molecule has 226 valence electrons. The van der Waals surface area contributed by atoms with Crippen LogP contribution in [-0.2, 0) is 27.6 Å². The Kier molecular flexibility index (Phi) is 10.3. The van der Waals surface area contributed by atoms with Crippen LogP contribution >= 0.6 is 0 Å². The van der Waals surface area contributed by atoms with E-state index in [1.165, 1.54) is 29.2 Å². The Labute approximate surface area is 237 Å². The number of rotatable bonds is 12. The van der Waals surface area contributed by atoms with Crippen LogP contribution in [0.1, 0.15) is 67.9 Å². The van der Waals surface area contributed by atoms with E-state index in [-0.39, 0.29) is 52.8 Å². The number of halogens is 3. The minimum atomic E-state index is -4.83. The molecule has 13 heteroatoms. The van der Waals surface area contributed by atoms with Crippen molar-refractivity contribution in [3.63, 3.8) is 0 Å². The topological polar surface area (TPSA) is 125 Å². The highest BCUT2D eigenvalue weighted by atomic mass is 32.2. The van der Waals surface area contributed by atoms with Gasteiger partial charge >= 0.3 is 12.5 Å². The molecule has 0 atom stereocenters. The van der Waals surface area contributed by atoms with Gasteiger partial charge in [-0.25, -0.2) is 18.4 Å². The number of ketones is 1. The van der Waals surface area contributed by atoms with Gasteiger partial charge in [0.05, 0.1) is 13.2 Å². The number of ether oxygens (including phenoxy) is 3. The molecule has 1 aliphatic heterocycles. The second-order valence-corrected chi connectivity index (χ2v) is 12.2. The highest BCUT2D eigenvalue weighted by Gasteiger charge is 2.32. The first-order valence-electron chi connectivity index (χ1n) is 13.2. The minimum absolute atomic E-state index is 0.0417. The van der Waals surface area contributed by atoms with Crippen molar-refractivity contribution >= 4 is 21.9 Å². The molecule has 0 spiro atoms. The molecule has 1 amide bonds. The number of nitrogens with two attached hydrogens (primary N) is 1. The van der Waals surface area contributed by atoms with Crippen molar-refractivity contribution in [3.8, 4) is 11.5 Å². The normalized spacial score (nSPS) is 13.3. The van der Waals surface area contributed by atoms with Crippen molar-refractivity contribution < 1.29 is 45.4 Å². The molecular formula is C28H35F3N2O7S. The maximum absolute atomic E-state index is 12.8. The lowest BCUT2D eigenvalue weighted by Gasteiger charge is -2.34. The van der Waals surface area contributed by atoms with Crippen molar-refractivity contribution in [1.82, 2.24) is 4.90 Å². The molecule has 0 fully saturated rings. The second kappa shape index (κ2) is 13.1. The molecule has 41 heavy (non-hydrogen) atoms. The average molecular weight is 601 g/mol. The molecule has 0 aromatic heterocycles. The summed E-state index contributed by atoms with van der Waals surface area (Å²) in [4.78, 5) is 27.0. The molecule has 2 aromatic rings. The standard InChI is InChI=1S/C28H35F3N2O7S/c1-27(2,3)33(26(35)39-16-12-19-9-6-7-11-23(19)40-28(29,30)31)14-8-4-5-10-22(34)21-17-20-13-15-38-25(20)24(18-21)41(32,36)37/h6-7,9,11,17-18H,4-5,8,10,12-16H2,1-3H3,(H2,32,36,37). The number of hydrogen-bond donors (Lipinski definition) is 1. The van der Waals surface area contributed by atoms with E-state index in [0.717, 1.165) is 0 Å². The first kappa shape index (κ1) is 32.2. The fourth-order valence-electron chi connectivity index (χ4n) is 4.48. The van der Waals surface area contributed by atoms with Crippen LogP contribution < -0.4 is 14.6 Å². The number of nitrogens with zero attached hydrogens (tertiary/aromatic N) is 1. The lowest BCUT2D eigenvalue weighted by molar-refractivity contribution is -0.274. The summed E-state index contributed by atoms with van der Waals surface area (Å²) in [6.07, 6.45) is -3.01. The van der Waals surface area contributed by atoms with Crippen LogP contribution in [0.3, 0.4) is 0 Å². The van der Waals surface area contributed by atoms with Gasteiger partial charge < -0.3 is 19.1 Å². The van der Waals surface area contributed by atoms with Crippen LogP contribution in [0.25, 0.3) is 0 Å². The van der Waals surface area contributed by atoms with Crippen LogP contribution in [0.2, 0.25) is 0 Å². The highest BCUT2D eigenvalue weighted by molar-refractivity contribution is 7.89. The fraction of sp³-hybridized carbons (Fsp3) is 0.500. The third kappa shape index (κ3) is 9.35. The van der Waals surface area contributed by atoms with Crippen LogP contribution in [0.4, 0.5) is 18.0 Å². The molecule has 9 nitrogen and oxygen atoms in total. The number of hydrogen-bond acceptors (Lipinski definition) is 7. The second-order valence-electron chi connectivity index (χ2n) is 10.7. The van der Waals surface area contributed by atoms with E-state index < -0.39 is 28.0 Å². The van der Waals surface area contributed by atoms with E-state index in [9.17, 15) is 31.2 Å². The van der Waals surface area contributed by atoms with Crippen LogP contribution in [0.5, 0.6) is 11.5 Å². The predicted molar refractivity (Wildman–Crippen MR) is 144 cm³/mol. The van der Waals surface area contributed by atoms with Crippen LogP contribution in [-0.4, -0.2) is 56.9 Å². The number of unbranched alkanes of at least 4 members (excludes halogenated alkanes) is 2. The number of Topliss-reactive ketones (excluding diaryl/α,β-unsaturated/α-hetero) is 1. The first-order chi connectivity index (χ1) is 19.1. The fourth-order valence-corrected chi connectivity index (χ4v) is 5.22. The zero-order chi connectivity index (χ0) is 30.4. The average Bonchev–Trinajstić information content (AvgIpc) is 3.32. The van der Waals surface area contributed by atoms with Crippen molar-refractivity contribution in [2.75, 3.05) is 19.8 Å². The van der Waals surface area contributed by atoms with Gasteiger partial charge in [0.2, 0.25) is 10.0 Å². The molecule has 0 saturated heterocycles. The molecular weight excluding hydrogens is 565 g/mol. The molecule has 0 saturated carbocycles. The number of amides is 1. The molecule has 0 aliphatic carbocycles. The van der Waals surface area contributed by atoms with Gasteiger partial charge in [0.15, 0.2) is 5.78 Å². The summed E-state index contributed by atoms with van der Waals surface area (Å²) >= 11 is 0. The SMILES string of the molecule is CC(C)(C)N(CCCCCC(=O)c1cc2c(c(S(N)(=O)=O)c1)OCC2)C(=O)OCCc1ccccc1OC(F)(F)F. The van der Waals surface area contributed by atoms with E-state index >= 15 is 0 Å². The Hall–Kier alpha value is -3.32. The number of primary sulfonamides is 1. The van der Waals surface area contributed by atoms with Gasteiger partial charge in [-0.1, -0.05) is 24.6 Å². The highest BCUT2D eigenvalue weighted by Crippen LogP contribution is 2.34. The van der Waals surface area contributed by atoms with Gasteiger partial charge in [-0.2, -0.15) is 0 Å². The quantitative estimate of drug-likeness (QED) is 0.256. The maximum Gasteiger partial charge on any atom is 0.573 e. The van der Waals surface area contributed by atoms with Crippen LogP contribution in [0, 0.1) is 0 Å². The molecule has 1 heterocycles. The maximum atomic E-state index is 12.8. The lowest BCUT2D eigenvalue weighted by atomic mass is 10.0. The Morgan fingerprint density at radius 1 is 1.07 bits per heavy atom. The van der Waals surface area contributed by atoms with Gasteiger partial charge in [0.1, 0.15) is 16.4 Å². The van der Waals surface area contributed by atoms with Crippen molar-refractivity contribution in [2.45, 2.75) is 76.1 Å². The number of fused-ring (bicyclic) bond motifs is 1. The van der Waals surface area contributed by atoms with Gasteiger partial charge in [-0.15, -0.1) is 13.2 Å². The zero-order valence-corrected chi connectivity index (χ0v) is 24.1. The number of sulfonamides is 1. The number of alkyl halides is 3. The monoisotopic (exact) mass is 600 g/mol. The summed E-state index contributed by atoms with van der Waals surface area (Å²) in [6.45, 7) is 6.04. The first-order valence-corrected chi connectivity index (χ1v) is 14.7. The Balaban J connectivity index is 1.50. The summed E-state index contributed by atoms with van der Waals surface area (Å²) in [5, 5.41) is 5.31. The largest absolute Gasteiger partial charge is 0.573 e. The van der Waals surface area contributed by atoms with Crippen molar-refractivity contribution in [1.29, 1.82) is 0 Å². The molecule has 1 aliphatic rings. The molecule has 0 radical (unpaired) electrons. The predicted octanol–water partition coefficient (Wildman–Crippen LogP) is 5.39. The Morgan fingerprint density at radius 2 is 1.78 bits per heavy atom. The number of para-hydroxylation sites is 1. The Bertz CT molecular complexity index is 1360. The summed E-state index contributed by atoms with van der Waals surface area (Å²) in [5.74, 6) is -0.351. The summed E-state index contributed by atoms with van der Waals surface area (Å²) in [7, 11) is -4.06. The number of benzene rings is 2. The van der Waals surface area contributed by atoms with E-state index in [2.05, 4.69) is 4.74 Å². The molecule has 3 rings (SSSR count).